The van der Waals surface area contributed by atoms with Crippen molar-refractivity contribution in [3.8, 4) is 5.88 Å². The number of rotatable bonds is 6. The minimum atomic E-state index is -4.23. The van der Waals surface area contributed by atoms with E-state index in [2.05, 4.69) is 19.7 Å². The largest absolute Gasteiger partial charge is 0.510 e. The number of imidazole rings is 1. The maximum Gasteiger partial charge on any atom is 0.510 e. The Labute approximate surface area is 187 Å². The van der Waals surface area contributed by atoms with Gasteiger partial charge in [0.25, 0.3) is 0 Å². The lowest BCUT2D eigenvalue weighted by molar-refractivity contribution is -0.113. The number of carbonyl (C=O) groups excluding carboxylic acids is 1. The van der Waals surface area contributed by atoms with Crippen LogP contribution in [0.15, 0.2) is 6.33 Å². The lowest BCUT2D eigenvalue weighted by Crippen LogP contribution is -2.47. The molecule has 16 heteroatoms. The highest BCUT2D eigenvalue weighted by Crippen LogP contribution is 2.59. The van der Waals surface area contributed by atoms with E-state index < -0.39 is 44.3 Å². The molecule has 2 aliphatic rings. The van der Waals surface area contributed by atoms with Gasteiger partial charge in [0.15, 0.2) is 17.4 Å². The van der Waals surface area contributed by atoms with Crippen molar-refractivity contribution in [2.24, 2.45) is 0 Å². The Bertz CT molecular complexity index is 1090. The zero-order valence-corrected chi connectivity index (χ0v) is 19.1. The van der Waals surface area contributed by atoms with E-state index in [4.69, 9.17) is 33.5 Å². The van der Waals surface area contributed by atoms with Gasteiger partial charge in [0.05, 0.1) is 26.7 Å². The molecule has 2 aromatic heterocycles. The fourth-order valence-electron chi connectivity index (χ4n) is 3.64. The number of aromatic nitrogens is 4. The monoisotopic (exact) mass is 489 g/mol. The summed E-state index contributed by atoms with van der Waals surface area (Å²) in [5.41, 5.74) is 4.57. The molecule has 2 aromatic rings. The molecule has 182 valence electrons. The number of nitrogen functional groups attached to an aromatic ring is 1. The van der Waals surface area contributed by atoms with Gasteiger partial charge in [-0.15, -0.1) is 0 Å². The van der Waals surface area contributed by atoms with Crippen LogP contribution in [0, 0.1) is 0 Å². The summed E-state index contributed by atoms with van der Waals surface area (Å²) in [6.07, 6.45) is -3.94. The smallest absolute Gasteiger partial charge is 0.479 e. The van der Waals surface area contributed by atoms with Gasteiger partial charge in [-0.05, 0) is 20.8 Å². The molecular formula is C17H24N5O10P. The highest BCUT2D eigenvalue weighted by molar-refractivity contribution is 7.48. The molecule has 0 amide bonds. The van der Waals surface area contributed by atoms with Gasteiger partial charge < -0.3 is 29.8 Å². The van der Waals surface area contributed by atoms with E-state index in [-0.39, 0.29) is 30.7 Å². The van der Waals surface area contributed by atoms with Crippen molar-refractivity contribution in [2.75, 3.05) is 26.1 Å². The Morgan fingerprint density at radius 2 is 2.24 bits per heavy atom. The van der Waals surface area contributed by atoms with Gasteiger partial charge in [0, 0.05) is 0 Å². The quantitative estimate of drug-likeness (QED) is 0.333. The Morgan fingerprint density at radius 1 is 1.48 bits per heavy atom. The summed E-state index contributed by atoms with van der Waals surface area (Å²) in [6, 6.07) is 0. The number of ether oxygens (including phenoxy) is 4. The third kappa shape index (κ3) is 4.35. The number of fused-ring (bicyclic) bond motifs is 2. The van der Waals surface area contributed by atoms with Crippen LogP contribution in [0.3, 0.4) is 0 Å². The molecule has 0 spiro atoms. The van der Waals surface area contributed by atoms with E-state index >= 15 is 0 Å². The zero-order chi connectivity index (χ0) is 24.0. The lowest BCUT2D eigenvalue weighted by atomic mass is 9.96. The molecule has 0 bridgehead atoms. The average Bonchev–Trinajstić information content (AvgIpc) is 3.25. The molecule has 0 aromatic carbocycles. The number of anilines is 1. The Morgan fingerprint density at radius 3 is 2.94 bits per heavy atom. The lowest BCUT2D eigenvalue weighted by Gasteiger charge is -2.35. The second kappa shape index (κ2) is 8.66. The second-order valence-corrected chi connectivity index (χ2v) is 8.99. The minimum absolute atomic E-state index is 0.0655. The van der Waals surface area contributed by atoms with E-state index in [1.807, 2.05) is 0 Å². The molecule has 6 atom stereocenters. The number of carbonyl (C=O) groups is 1. The summed E-state index contributed by atoms with van der Waals surface area (Å²) >= 11 is 0. The predicted octanol–water partition coefficient (Wildman–Crippen LogP) is 1.12. The number of methoxy groups -OCH3 is 1. The van der Waals surface area contributed by atoms with Crippen molar-refractivity contribution in [3.05, 3.63) is 6.33 Å². The molecule has 4 rings (SSSR count). The van der Waals surface area contributed by atoms with Crippen LogP contribution in [0.5, 0.6) is 5.88 Å². The third-order valence-electron chi connectivity index (χ3n) is 5.01. The summed E-state index contributed by atoms with van der Waals surface area (Å²) < 4.78 is 51.0. The molecule has 2 aliphatic heterocycles. The van der Waals surface area contributed by atoms with Gasteiger partial charge in [-0.1, -0.05) is 0 Å². The van der Waals surface area contributed by atoms with Crippen molar-refractivity contribution in [1.82, 2.24) is 19.5 Å². The van der Waals surface area contributed by atoms with Crippen LogP contribution in [-0.4, -0.2) is 75.2 Å². The van der Waals surface area contributed by atoms with Gasteiger partial charge in [-0.3, -0.25) is 13.6 Å². The molecule has 0 radical (unpaired) electrons. The van der Waals surface area contributed by atoms with Crippen LogP contribution < -0.4 is 10.5 Å². The van der Waals surface area contributed by atoms with Gasteiger partial charge in [-0.2, -0.15) is 9.97 Å². The highest BCUT2D eigenvalue weighted by Gasteiger charge is 2.60. The van der Waals surface area contributed by atoms with Gasteiger partial charge in [-0.25, -0.2) is 18.9 Å². The Balaban J connectivity index is 1.56. The molecule has 33 heavy (non-hydrogen) atoms. The zero-order valence-electron chi connectivity index (χ0n) is 18.2. The first-order valence-electron chi connectivity index (χ1n) is 9.94. The molecule has 0 saturated carbocycles. The summed E-state index contributed by atoms with van der Waals surface area (Å²) in [5.74, 6) is 0.0867. The van der Waals surface area contributed by atoms with E-state index in [0.717, 1.165) is 0 Å². The summed E-state index contributed by atoms with van der Waals surface area (Å²) in [5, 5.41) is 11.3. The van der Waals surface area contributed by atoms with Gasteiger partial charge in [0.1, 0.15) is 17.8 Å². The predicted molar refractivity (Wildman–Crippen MR) is 108 cm³/mol. The van der Waals surface area contributed by atoms with Crippen LogP contribution in [0.1, 0.15) is 27.0 Å². The summed E-state index contributed by atoms with van der Waals surface area (Å²) in [7, 11) is -2.82. The SMILES string of the molecule is CCOC(=O)OC(C)O[P@@]1(=O)OC[C@H]2O[C@@H](n3cnc4c(OC)nc(N)nc43)[C@](C)(O)[C@@H]2O1. The normalized spacial score (nSPS) is 32.3. The number of aliphatic hydroxyl groups is 1. The Kier molecular flexibility index (Phi) is 6.20. The molecule has 3 N–H and O–H groups in total. The number of nitrogens with two attached hydrogens (primary N) is 1. The maximum absolute atomic E-state index is 13.0. The molecule has 2 fully saturated rings. The Hall–Kier alpha value is -2.55. The number of hydrogen-bond acceptors (Lipinski definition) is 14. The summed E-state index contributed by atoms with van der Waals surface area (Å²) in [4.78, 5) is 23.8. The second-order valence-electron chi connectivity index (χ2n) is 7.41. The molecule has 15 nitrogen and oxygen atoms in total. The van der Waals surface area contributed by atoms with Crippen molar-refractivity contribution >= 4 is 31.1 Å². The molecule has 1 unspecified atom stereocenters. The van der Waals surface area contributed by atoms with Gasteiger partial charge in [0.2, 0.25) is 18.1 Å². The average molecular weight is 489 g/mol. The molecule has 2 saturated heterocycles. The first-order valence-corrected chi connectivity index (χ1v) is 11.4. The maximum atomic E-state index is 13.0. The number of phosphoric ester groups is 1. The van der Waals surface area contributed by atoms with E-state index in [1.165, 1.54) is 31.9 Å². The van der Waals surface area contributed by atoms with E-state index in [1.54, 1.807) is 6.92 Å². The molecular weight excluding hydrogens is 465 g/mol. The third-order valence-corrected chi connectivity index (χ3v) is 6.52. The number of hydrogen-bond donors (Lipinski definition) is 2. The summed E-state index contributed by atoms with van der Waals surface area (Å²) in [6.45, 7) is 4.21. The van der Waals surface area contributed by atoms with Crippen molar-refractivity contribution in [3.63, 3.8) is 0 Å². The van der Waals surface area contributed by atoms with Crippen molar-refractivity contribution < 1.29 is 47.0 Å². The van der Waals surface area contributed by atoms with Crippen molar-refractivity contribution in [2.45, 2.75) is 51.1 Å². The number of phosphoric acid groups is 1. The van der Waals surface area contributed by atoms with E-state index in [9.17, 15) is 14.5 Å². The number of nitrogens with zero attached hydrogens (tertiary/aromatic N) is 4. The minimum Gasteiger partial charge on any atom is -0.479 e. The van der Waals surface area contributed by atoms with Crippen LogP contribution >= 0.6 is 7.82 Å². The van der Waals surface area contributed by atoms with Gasteiger partial charge >= 0.3 is 14.0 Å². The van der Waals surface area contributed by atoms with Crippen LogP contribution in [0.25, 0.3) is 11.2 Å². The first kappa shape index (κ1) is 23.6. The molecule has 0 aliphatic carbocycles. The first-order chi connectivity index (χ1) is 15.6. The fraction of sp³-hybridized carbons (Fsp3) is 0.647. The van der Waals surface area contributed by atoms with Crippen LogP contribution in [-0.2, 0) is 32.3 Å². The topological polar surface area (TPSA) is 189 Å². The molecule has 4 heterocycles. The van der Waals surface area contributed by atoms with Crippen LogP contribution in [0.4, 0.5) is 10.7 Å². The van der Waals surface area contributed by atoms with Crippen molar-refractivity contribution in [1.29, 1.82) is 0 Å². The highest BCUT2D eigenvalue weighted by atomic mass is 31.2. The van der Waals surface area contributed by atoms with Crippen LogP contribution in [0.2, 0.25) is 0 Å². The van der Waals surface area contributed by atoms with E-state index in [0.29, 0.717) is 5.52 Å². The standard InChI is InChI=1S/C17H24N5O10P/c1-5-27-16(23)29-8(2)31-33(25)28-6-9-11(32-33)17(3,24)14(30-9)22-7-19-10-12(22)20-15(18)21-13(10)26-4/h7-9,11,14,24H,5-6H2,1-4H3,(H2,18,20,21)/t8?,9-,11-,14-,17-,33-/m1/s1. The fourth-order valence-corrected chi connectivity index (χ4v) is 5.18.